The maximum absolute atomic E-state index is 12.7. The Bertz CT molecular complexity index is 1170. The van der Waals surface area contributed by atoms with Crippen LogP contribution in [0, 0.1) is 5.92 Å². The Kier molecular flexibility index (Phi) is 4.79. The Hall–Kier alpha value is -3.06. The Balaban J connectivity index is 1.21. The predicted molar refractivity (Wildman–Crippen MR) is 122 cm³/mol. The molecule has 3 aromatic rings. The van der Waals surface area contributed by atoms with Crippen LogP contribution in [0.25, 0.3) is 22.0 Å². The third-order valence-electron chi connectivity index (χ3n) is 7.30. The molecule has 7 nitrogen and oxygen atoms in total. The average Bonchev–Trinajstić information content (AvgIpc) is 3.21. The molecule has 7 heteroatoms. The number of nitrogens with one attached hydrogen (secondary N) is 1. The number of benzene rings is 2. The summed E-state index contributed by atoms with van der Waals surface area (Å²) in [5.74, 6) is 1.33. The predicted octanol–water partition coefficient (Wildman–Crippen LogP) is 3.88. The molecule has 166 valence electrons. The van der Waals surface area contributed by atoms with Gasteiger partial charge >= 0.3 is 6.09 Å². The van der Waals surface area contributed by atoms with E-state index in [0.29, 0.717) is 12.5 Å². The quantitative estimate of drug-likeness (QED) is 0.680. The lowest BCUT2D eigenvalue weighted by Crippen LogP contribution is -2.52. The molecule has 4 aliphatic rings. The molecule has 0 aliphatic carbocycles. The molecule has 0 saturated carbocycles. The van der Waals surface area contributed by atoms with Gasteiger partial charge in [-0.1, -0.05) is 24.3 Å². The summed E-state index contributed by atoms with van der Waals surface area (Å²) in [6, 6.07) is 12.4. The summed E-state index contributed by atoms with van der Waals surface area (Å²) in [7, 11) is 1.95. The van der Waals surface area contributed by atoms with Gasteiger partial charge in [0.15, 0.2) is 0 Å². The molecular formula is C25H28N4O3. The lowest BCUT2D eigenvalue weighted by atomic mass is 9.86. The van der Waals surface area contributed by atoms with Crippen LogP contribution in [0.5, 0.6) is 5.75 Å². The van der Waals surface area contributed by atoms with E-state index in [-0.39, 0.29) is 18.2 Å². The smallest absolute Gasteiger partial charge is 0.407 e. The van der Waals surface area contributed by atoms with Crippen LogP contribution in [0.4, 0.5) is 4.79 Å². The Morgan fingerprint density at radius 3 is 2.88 bits per heavy atom. The zero-order valence-electron chi connectivity index (χ0n) is 18.3. The highest BCUT2D eigenvalue weighted by Crippen LogP contribution is 2.38. The molecule has 1 N–H and O–H groups in total. The van der Waals surface area contributed by atoms with E-state index in [1.165, 1.54) is 0 Å². The van der Waals surface area contributed by atoms with Crippen LogP contribution < -0.4 is 10.1 Å². The summed E-state index contributed by atoms with van der Waals surface area (Å²) >= 11 is 0. The molecule has 4 aliphatic heterocycles. The number of carbonyl (C=O) groups excluding carboxylic acids is 1. The van der Waals surface area contributed by atoms with E-state index in [9.17, 15) is 4.79 Å². The summed E-state index contributed by atoms with van der Waals surface area (Å²) in [4.78, 5) is 15.1. The van der Waals surface area contributed by atoms with Crippen LogP contribution >= 0.6 is 0 Å². The van der Waals surface area contributed by atoms with Crippen molar-refractivity contribution in [2.24, 2.45) is 13.0 Å². The molecule has 1 aromatic heterocycles. The van der Waals surface area contributed by atoms with Crippen molar-refractivity contribution in [3.8, 4) is 16.9 Å². The van der Waals surface area contributed by atoms with Crippen LogP contribution in [0.2, 0.25) is 0 Å². The number of nitrogens with zero attached hydrogens (tertiary/aromatic N) is 3. The van der Waals surface area contributed by atoms with Gasteiger partial charge in [-0.25, -0.2) is 4.79 Å². The van der Waals surface area contributed by atoms with Crippen LogP contribution in [-0.2, 0) is 11.8 Å². The van der Waals surface area contributed by atoms with Gasteiger partial charge in [0.1, 0.15) is 11.9 Å². The summed E-state index contributed by atoms with van der Waals surface area (Å²) in [5, 5.41) is 8.61. The van der Waals surface area contributed by atoms with Gasteiger partial charge in [0, 0.05) is 31.0 Å². The number of piperidine rings is 3. The fourth-order valence-electron chi connectivity index (χ4n) is 5.49. The van der Waals surface area contributed by atoms with Gasteiger partial charge in [0.2, 0.25) is 0 Å². The maximum atomic E-state index is 12.7. The fourth-order valence-corrected chi connectivity index (χ4v) is 5.49. The van der Waals surface area contributed by atoms with E-state index >= 15 is 0 Å². The van der Waals surface area contributed by atoms with E-state index in [0.717, 1.165) is 72.2 Å². The highest BCUT2D eigenvalue weighted by atomic mass is 16.6. The molecule has 1 unspecified atom stereocenters. The Morgan fingerprint density at radius 1 is 1.19 bits per heavy atom. The lowest BCUT2D eigenvalue weighted by Gasteiger charge is -2.44. The first-order valence-electron chi connectivity index (χ1n) is 11.5. The van der Waals surface area contributed by atoms with Gasteiger partial charge in [-0.05, 0) is 55.1 Å². The number of amides is 1. The van der Waals surface area contributed by atoms with E-state index in [1.807, 2.05) is 17.9 Å². The van der Waals surface area contributed by atoms with Crippen molar-refractivity contribution < 1.29 is 14.3 Å². The largest absolute Gasteiger partial charge is 0.493 e. The number of carbonyl (C=O) groups is 1. The molecule has 2 atom stereocenters. The van der Waals surface area contributed by atoms with Crippen molar-refractivity contribution in [2.75, 3.05) is 26.2 Å². The van der Waals surface area contributed by atoms with Gasteiger partial charge in [-0.2, -0.15) is 5.10 Å². The van der Waals surface area contributed by atoms with E-state index in [1.54, 1.807) is 0 Å². The zero-order chi connectivity index (χ0) is 21.7. The SMILES string of the molecule is Cn1ncc2c(-c3ccc4c(c3)OCCC4NC(=O)O[C@@H]3CN4CCC3CC4)cccc21. The van der Waals surface area contributed by atoms with Crippen molar-refractivity contribution in [3.05, 3.63) is 48.2 Å². The zero-order valence-corrected chi connectivity index (χ0v) is 18.3. The van der Waals surface area contributed by atoms with Crippen LogP contribution in [0.15, 0.2) is 42.6 Å². The number of aromatic nitrogens is 2. The van der Waals surface area contributed by atoms with Crippen LogP contribution in [0.3, 0.4) is 0 Å². The standard InChI is InChI=1S/C25H28N4O3/c1-28-22-4-2-3-18(20(22)14-26-28)17-5-6-19-21(9-12-31-23(19)13-17)27-25(30)32-24-15-29-10-7-16(24)8-11-29/h2-6,13-14,16,21,24H,7-12,15H2,1H3,(H,27,30)/t21?,24-/m1/s1. The molecule has 1 amide bonds. The Morgan fingerprint density at radius 2 is 2.06 bits per heavy atom. The van der Waals surface area contributed by atoms with E-state index in [4.69, 9.17) is 9.47 Å². The van der Waals surface area contributed by atoms with Crippen molar-refractivity contribution in [2.45, 2.75) is 31.4 Å². The minimum atomic E-state index is -0.314. The molecule has 2 aromatic carbocycles. The number of aryl methyl sites for hydroxylation is 1. The third kappa shape index (κ3) is 3.41. The molecule has 2 bridgehead atoms. The second-order valence-corrected chi connectivity index (χ2v) is 9.18. The summed E-state index contributed by atoms with van der Waals surface area (Å²) in [5.41, 5.74) is 4.30. The number of fused-ring (bicyclic) bond motifs is 5. The minimum absolute atomic E-state index is 0.0131. The maximum Gasteiger partial charge on any atom is 0.407 e. The Labute approximate surface area is 187 Å². The number of ether oxygens (including phenoxy) is 2. The normalized spacial score (nSPS) is 26.4. The second-order valence-electron chi connectivity index (χ2n) is 9.18. The van der Waals surface area contributed by atoms with Gasteiger partial charge in [-0.15, -0.1) is 0 Å². The highest BCUT2D eigenvalue weighted by Gasteiger charge is 2.37. The van der Waals surface area contributed by atoms with Crippen LogP contribution in [0.1, 0.15) is 30.9 Å². The van der Waals surface area contributed by atoms with E-state index in [2.05, 4.69) is 51.7 Å². The van der Waals surface area contributed by atoms with Gasteiger partial charge in [0.25, 0.3) is 0 Å². The topological polar surface area (TPSA) is 68.6 Å². The first-order chi connectivity index (χ1) is 15.7. The van der Waals surface area contributed by atoms with Crippen molar-refractivity contribution in [3.63, 3.8) is 0 Å². The van der Waals surface area contributed by atoms with Gasteiger partial charge < -0.3 is 14.8 Å². The minimum Gasteiger partial charge on any atom is -0.493 e. The lowest BCUT2D eigenvalue weighted by molar-refractivity contribution is -0.0342. The molecule has 3 saturated heterocycles. The molecular weight excluding hydrogens is 404 g/mol. The monoisotopic (exact) mass is 432 g/mol. The second kappa shape index (κ2) is 7.81. The first kappa shape index (κ1) is 19.6. The molecule has 3 fully saturated rings. The summed E-state index contributed by atoms with van der Waals surface area (Å²) in [6.07, 6.45) is 4.60. The number of alkyl carbamates (subject to hydrolysis) is 1. The van der Waals surface area contributed by atoms with Crippen molar-refractivity contribution in [1.29, 1.82) is 0 Å². The van der Waals surface area contributed by atoms with Gasteiger partial charge in [0.05, 0.1) is 24.4 Å². The third-order valence-corrected chi connectivity index (χ3v) is 7.30. The number of hydrogen-bond acceptors (Lipinski definition) is 5. The molecule has 32 heavy (non-hydrogen) atoms. The molecule has 5 heterocycles. The average molecular weight is 433 g/mol. The number of hydrogen-bond donors (Lipinski definition) is 1. The number of rotatable bonds is 3. The van der Waals surface area contributed by atoms with Crippen LogP contribution in [-0.4, -0.2) is 53.1 Å². The van der Waals surface area contributed by atoms with Crippen molar-refractivity contribution in [1.82, 2.24) is 20.0 Å². The summed E-state index contributed by atoms with van der Waals surface area (Å²) in [6.45, 7) is 3.70. The van der Waals surface area contributed by atoms with E-state index < -0.39 is 0 Å². The van der Waals surface area contributed by atoms with Crippen molar-refractivity contribution >= 4 is 17.0 Å². The first-order valence-corrected chi connectivity index (χ1v) is 11.5. The fraction of sp³-hybridized carbons (Fsp3) is 0.440. The molecule has 0 spiro atoms. The summed E-state index contributed by atoms with van der Waals surface area (Å²) < 4.78 is 13.7. The molecule has 0 radical (unpaired) electrons. The highest BCUT2D eigenvalue weighted by molar-refractivity contribution is 5.94. The van der Waals surface area contributed by atoms with Gasteiger partial charge in [-0.3, -0.25) is 9.58 Å². The molecule has 7 rings (SSSR count).